The normalized spacial score (nSPS) is 20.9. The molecule has 0 spiro atoms. The second-order valence-electron chi connectivity index (χ2n) is 6.13. The number of nitrogens with zero attached hydrogens (tertiary/aromatic N) is 5. The molecule has 28 heavy (non-hydrogen) atoms. The van der Waals surface area contributed by atoms with Crippen molar-refractivity contribution in [1.82, 2.24) is 14.3 Å². The van der Waals surface area contributed by atoms with E-state index in [0.717, 1.165) is 15.6 Å². The molecule has 10 nitrogen and oxygen atoms in total. The molecule has 1 amide bonds. The van der Waals surface area contributed by atoms with Crippen molar-refractivity contribution in [2.24, 2.45) is 10.7 Å². The molecule has 0 saturated heterocycles. The number of halogens is 1. The van der Waals surface area contributed by atoms with E-state index in [9.17, 15) is 13.2 Å². The number of carbonyl (C=O) groups excluding carboxylic acids is 1. The number of thiazole rings is 1. The topological polar surface area (TPSA) is 154 Å². The Bertz CT molecular complexity index is 1140. The molecule has 1 aliphatic rings. The first-order chi connectivity index (χ1) is 13.1. The lowest BCUT2D eigenvalue weighted by molar-refractivity contribution is 0.102. The number of rotatable bonds is 3. The van der Waals surface area contributed by atoms with Gasteiger partial charge in [-0.15, -0.1) is 11.3 Å². The highest BCUT2D eigenvalue weighted by molar-refractivity contribution is 7.89. The van der Waals surface area contributed by atoms with Crippen LogP contribution >= 0.6 is 22.9 Å². The van der Waals surface area contributed by atoms with Crippen molar-refractivity contribution in [2.75, 3.05) is 18.1 Å². The molecule has 0 radical (unpaired) electrons. The van der Waals surface area contributed by atoms with E-state index in [1.54, 1.807) is 12.3 Å². The third-order valence-electron chi connectivity index (χ3n) is 3.96. The number of guanidine groups is 1. The Hall–Kier alpha value is -2.75. The third-order valence-corrected chi connectivity index (χ3v) is 7.29. The first kappa shape index (κ1) is 20.0. The minimum Gasteiger partial charge on any atom is -0.369 e. The Morgan fingerprint density at radius 2 is 2.25 bits per heavy atom. The van der Waals surface area contributed by atoms with E-state index in [1.165, 1.54) is 19.3 Å². The Labute approximate surface area is 169 Å². The molecule has 1 atom stereocenters. The van der Waals surface area contributed by atoms with Crippen LogP contribution in [0.25, 0.3) is 0 Å². The van der Waals surface area contributed by atoms with E-state index in [0.29, 0.717) is 5.01 Å². The number of hydrogen-bond acceptors (Lipinski definition) is 9. The van der Waals surface area contributed by atoms with Gasteiger partial charge in [-0.05, 0) is 13.0 Å². The fourth-order valence-electron chi connectivity index (χ4n) is 2.48. The van der Waals surface area contributed by atoms with Crippen molar-refractivity contribution >= 4 is 50.6 Å². The predicted molar refractivity (Wildman–Crippen MR) is 105 cm³/mol. The van der Waals surface area contributed by atoms with Gasteiger partial charge in [-0.1, -0.05) is 11.6 Å². The van der Waals surface area contributed by atoms with Crippen molar-refractivity contribution in [3.05, 3.63) is 38.9 Å². The number of sulfonamides is 1. The Morgan fingerprint density at radius 3 is 2.86 bits per heavy atom. The maximum absolute atomic E-state index is 12.4. The van der Waals surface area contributed by atoms with Crippen LogP contribution in [-0.4, -0.2) is 47.4 Å². The zero-order valence-corrected chi connectivity index (χ0v) is 17.1. The number of anilines is 1. The molecule has 146 valence electrons. The lowest BCUT2D eigenvalue weighted by Gasteiger charge is -2.32. The van der Waals surface area contributed by atoms with E-state index < -0.39 is 21.5 Å². The SMILES string of the molecule is CN1C(N)=N[C@](C)(c2nc(NC(=O)c3ncc(C#N)cc3Cl)cs2)CS1(=O)=O. The van der Waals surface area contributed by atoms with Gasteiger partial charge in [0.05, 0.1) is 10.6 Å². The van der Waals surface area contributed by atoms with E-state index >= 15 is 0 Å². The molecule has 1 aliphatic heterocycles. The average Bonchev–Trinajstić information content (AvgIpc) is 3.08. The van der Waals surface area contributed by atoms with Crippen LogP contribution in [0.1, 0.15) is 28.0 Å². The summed E-state index contributed by atoms with van der Waals surface area (Å²) in [6.07, 6.45) is 1.23. The number of aromatic nitrogens is 2. The van der Waals surface area contributed by atoms with Crippen molar-refractivity contribution in [3.63, 3.8) is 0 Å². The summed E-state index contributed by atoms with van der Waals surface area (Å²) >= 11 is 7.12. The molecular formula is C15H14ClN7O3S2. The van der Waals surface area contributed by atoms with Crippen molar-refractivity contribution in [1.29, 1.82) is 5.26 Å². The highest BCUT2D eigenvalue weighted by Gasteiger charge is 2.42. The number of carbonyl (C=O) groups is 1. The standard InChI is InChI=1S/C15H14ClN7O3S2/c1-15(7-28(25,26)23(2)14(18)22-15)13-21-10(6-27-13)20-12(24)11-9(16)3-8(4-17)5-19-11/h3,5-6H,7H2,1-2H3,(H2,18,22)(H,20,24)/t15-/m0/s1. The van der Waals surface area contributed by atoms with Crippen LogP contribution in [-0.2, 0) is 15.6 Å². The quantitative estimate of drug-likeness (QED) is 0.725. The summed E-state index contributed by atoms with van der Waals surface area (Å²) in [6, 6.07) is 3.21. The number of nitriles is 1. The molecule has 0 saturated carbocycles. The fraction of sp³-hybridized carbons (Fsp3) is 0.267. The molecule has 3 N–H and O–H groups in total. The van der Waals surface area contributed by atoms with Gasteiger partial charge in [0.1, 0.15) is 33.9 Å². The second-order valence-corrected chi connectivity index (χ2v) is 9.39. The minimum absolute atomic E-state index is 0.0257. The van der Waals surface area contributed by atoms with Crippen molar-refractivity contribution < 1.29 is 13.2 Å². The molecule has 0 aliphatic carbocycles. The van der Waals surface area contributed by atoms with Gasteiger partial charge >= 0.3 is 0 Å². The lowest BCUT2D eigenvalue weighted by Crippen LogP contribution is -2.50. The van der Waals surface area contributed by atoms with Crippen LogP contribution in [0.2, 0.25) is 5.02 Å². The summed E-state index contributed by atoms with van der Waals surface area (Å²) < 4.78 is 25.5. The van der Waals surface area contributed by atoms with Crippen LogP contribution in [0, 0.1) is 11.3 Å². The minimum atomic E-state index is -3.63. The van der Waals surface area contributed by atoms with Gasteiger partial charge in [-0.2, -0.15) is 5.26 Å². The maximum Gasteiger partial charge on any atom is 0.276 e. The molecule has 0 unspecified atom stereocenters. The van der Waals surface area contributed by atoms with Gasteiger partial charge in [0.15, 0.2) is 0 Å². The van der Waals surface area contributed by atoms with Crippen LogP contribution in [0.5, 0.6) is 0 Å². The summed E-state index contributed by atoms with van der Waals surface area (Å²) in [4.78, 5) is 24.8. The van der Waals surface area contributed by atoms with Crippen LogP contribution in [0.15, 0.2) is 22.6 Å². The molecule has 3 heterocycles. The zero-order valence-electron chi connectivity index (χ0n) is 14.7. The monoisotopic (exact) mass is 439 g/mol. The van der Waals surface area contributed by atoms with Gasteiger partial charge in [0.25, 0.3) is 5.91 Å². The Kier molecular flexibility index (Phi) is 5.00. The highest BCUT2D eigenvalue weighted by Crippen LogP contribution is 2.34. The molecule has 13 heteroatoms. The second kappa shape index (κ2) is 7.01. The summed E-state index contributed by atoms with van der Waals surface area (Å²) in [6.45, 7) is 1.61. The van der Waals surface area contributed by atoms with Crippen molar-refractivity contribution in [3.8, 4) is 6.07 Å². The third kappa shape index (κ3) is 3.64. The van der Waals surface area contributed by atoms with Crippen LogP contribution < -0.4 is 11.1 Å². The molecular weight excluding hydrogens is 426 g/mol. The Morgan fingerprint density at radius 1 is 1.54 bits per heavy atom. The van der Waals surface area contributed by atoms with E-state index in [4.69, 9.17) is 22.6 Å². The number of nitrogens with one attached hydrogen (secondary N) is 1. The highest BCUT2D eigenvalue weighted by atomic mass is 35.5. The molecule has 3 rings (SSSR count). The van der Waals surface area contributed by atoms with E-state index in [2.05, 4.69) is 20.3 Å². The number of nitrogens with two attached hydrogens (primary N) is 1. The Balaban J connectivity index is 1.85. The zero-order chi connectivity index (χ0) is 20.7. The van der Waals surface area contributed by atoms with Crippen molar-refractivity contribution in [2.45, 2.75) is 12.5 Å². The van der Waals surface area contributed by atoms with Crippen LogP contribution in [0.4, 0.5) is 5.82 Å². The van der Waals surface area contributed by atoms with Gasteiger partial charge in [0.2, 0.25) is 16.0 Å². The summed E-state index contributed by atoms with van der Waals surface area (Å²) in [7, 11) is -2.30. The smallest absolute Gasteiger partial charge is 0.276 e. The predicted octanol–water partition coefficient (Wildman–Crippen LogP) is 1.12. The molecule has 0 fully saturated rings. The molecule has 2 aromatic heterocycles. The fourth-order valence-corrected chi connectivity index (χ4v) is 5.11. The number of amides is 1. The molecule has 0 aromatic carbocycles. The van der Waals surface area contributed by atoms with E-state index in [1.807, 2.05) is 6.07 Å². The molecule has 2 aromatic rings. The number of aliphatic imine (C=N–C) groups is 1. The van der Waals surface area contributed by atoms with Gasteiger partial charge in [-0.25, -0.2) is 27.7 Å². The van der Waals surface area contributed by atoms with Gasteiger partial charge in [-0.3, -0.25) is 4.79 Å². The van der Waals surface area contributed by atoms with Gasteiger partial charge in [0, 0.05) is 18.6 Å². The average molecular weight is 440 g/mol. The maximum atomic E-state index is 12.4. The number of hydrogen-bond donors (Lipinski definition) is 2. The summed E-state index contributed by atoms with van der Waals surface area (Å²) in [5, 5.41) is 13.3. The van der Waals surface area contributed by atoms with E-state index in [-0.39, 0.29) is 33.8 Å². The first-order valence-corrected chi connectivity index (χ1v) is 10.6. The van der Waals surface area contributed by atoms with Crippen LogP contribution in [0.3, 0.4) is 0 Å². The molecule has 0 bridgehead atoms. The number of pyridine rings is 1. The summed E-state index contributed by atoms with van der Waals surface area (Å²) in [5.41, 5.74) is 4.72. The lowest BCUT2D eigenvalue weighted by atomic mass is 10.1. The summed E-state index contributed by atoms with van der Waals surface area (Å²) in [5.74, 6) is -0.863. The van der Waals surface area contributed by atoms with Gasteiger partial charge < -0.3 is 11.1 Å². The largest absolute Gasteiger partial charge is 0.369 e. The first-order valence-electron chi connectivity index (χ1n) is 7.71.